The number of fused-ring (bicyclic) bond motifs is 1. The molecule has 1 heterocycles. The van der Waals surface area contributed by atoms with Crippen molar-refractivity contribution >= 4 is 45.7 Å². The SMILES string of the molecule is CCOc1ccc(-c2nc3cc(NC(=S)NC(=O)c4ccc(C)c([N+](=O)[O-])c4)ccc3o2)cc1. The number of benzene rings is 3. The molecule has 172 valence electrons. The van der Waals surface area contributed by atoms with Crippen LogP contribution in [0.3, 0.4) is 0 Å². The summed E-state index contributed by atoms with van der Waals surface area (Å²) in [4.78, 5) is 27.6. The molecule has 0 bridgehead atoms. The molecule has 0 spiro atoms. The van der Waals surface area contributed by atoms with Gasteiger partial charge >= 0.3 is 0 Å². The van der Waals surface area contributed by atoms with Crippen molar-refractivity contribution in [1.29, 1.82) is 0 Å². The summed E-state index contributed by atoms with van der Waals surface area (Å²) in [6.07, 6.45) is 0. The van der Waals surface area contributed by atoms with E-state index >= 15 is 0 Å². The van der Waals surface area contributed by atoms with Crippen LogP contribution in [0.1, 0.15) is 22.8 Å². The van der Waals surface area contributed by atoms with Crippen molar-refractivity contribution in [2.75, 3.05) is 11.9 Å². The van der Waals surface area contributed by atoms with Gasteiger partial charge in [-0.3, -0.25) is 20.2 Å². The zero-order valence-electron chi connectivity index (χ0n) is 18.3. The first-order chi connectivity index (χ1) is 16.3. The van der Waals surface area contributed by atoms with Crippen LogP contribution in [-0.4, -0.2) is 27.5 Å². The summed E-state index contributed by atoms with van der Waals surface area (Å²) in [6.45, 7) is 4.12. The van der Waals surface area contributed by atoms with E-state index in [-0.39, 0.29) is 16.4 Å². The van der Waals surface area contributed by atoms with E-state index in [2.05, 4.69) is 15.6 Å². The van der Waals surface area contributed by atoms with Crippen LogP contribution in [-0.2, 0) is 0 Å². The molecule has 1 aromatic heterocycles. The van der Waals surface area contributed by atoms with E-state index < -0.39 is 10.8 Å². The Balaban J connectivity index is 1.46. The molecule has 0 saturated carbocycles. The van der Waals surface area contributed by atoms with Crippen molar-refractivity contribution in [2.45, 2.75) is 13.8 Å². The lowest BCUT2D eigenvalue weighted by molar-refractivity contribution is -0.385. The molecular formula is C24H20N4O5S. The molecule has 0 atom stereocenters. The Kier molecular flexibility index (Phi) is 6.51. The highest BCUT2D eigenvalue weighted by Crippen LogP contribution is 2.27. The van der Waals surface area contributed by atoms with E-state index in [0.717, 1.165) is 11.3 Å². The lowest BCUT2D eigenvalue weighted by Crippen LogP contribution is -2.34. The standard InChI is InChI=1S/C24H20N4O5S/c1-3-32-18-9-6-15(7-10-18)23-26-19-13-17(8-11-21(19)33-23)25-24(34)27-22(29)16-5-4-14(2)20(12-16)28(30)31/h4-13H,3H2,1-2H3,(H2,25,27,29,34). The molecule has 10 heteroatoms. The third-order valence-electron chi connectivity index (χ3n) is 4.95. The molecule has 0 aliphatic rings. The van der Waals surface area contributed by atoms with Gasteiger partial charge in [0.05, 0.1) is 11.5 Å². The number of nitrogens with zero attached hydrogens (tertiary/aromatic N) is 2. The van der Waals surface area contributed by atoms with Crippen molar-refractivity contribution in [3.8, 4) is 17.2 Å². The Hall–Kier alpha value is -4.31. The van der Waals surface area contributed by atoms with E-state index in [1.165, 1.54) is 18.2 Å². The number of rotatable bonds is 6. The molecule has 0 unspecified atom stereocenters. The Morgan fingerprint density at radius 1 is 1.15 bits per heavy atom. The van der Waals surface area contributed by atoms with Crippen molar-refractivity contribution in [2.24, 2.45) is 0 Å². The Labute approximate surface area is 199 Å². The summed E-state index contributed by atoms with van der Waals surface area (Å²) in [7, 11) is 0. The van der Waals surface area contributed by atoms with E-state index in [9.17, 15) is 14.9 Å². The molecule has 2 N–H and O–H groups in total. The maximum absolute atomic E-state index is 12.5. The summed E-state index contributed by atoms with van der Waals surface area (Å²) in [6, 6.07) is 16.9. The highest BCUT2D eigenvalue weighted by Gasteiger charge is 2.16. The number of aryl methyl sites for hydroxylation is 1. The van der Waals surface area contributed by atoms with Gasteiger partial charge in [-0.2, -0.15) is 0 Å². The summed E-state index contributed by atoms with van der Waals surface area (Å²) >= 11 is 5.23. The van der Waals surface area contributed by atoms with Crippen LogP contribution in [0.4, 0.5) is 11.4 Å². The van der Waals surface area contributed by atoms with Gasteiger partial charge in [0.25, 0.3) is 11.6 Å². The van der Waals surface area contributed by atoms with E-state index in [4.69, 9.17) is 21.4 Å². The van der Waals surface area contributed by atoms with Crippen LogP contribution in [0.2, 0.25) is 0 Å². The quantitative estimate of drug-likeness (QED) is 0.220. The van der Waals surface area contributed by atoms with Crippen LogP contribution in [0.25, 0.3) is 22.6 Å². The van der Waals surface area contributed by atoms with Gasteiger partial charge in [-0.1, -0.05) is 6.07 Å². The minimum Gasteiger partial charge on any atom is -0.494 e. The van der Waals surface area contributed by atoms with Crippen molar-refractivity contribution < 1.29 is 18.9 Å². The number of nitrogens with one attached hydrogen (secondary N) is 2. The lowest BCUT2D eigenvalue weighted by Gasteiger charge is -2.09. The van der Waals surface area contributed by atoms with Gasteiger partial charge in [-0.05, 0) is 74.6 Å². The summed E-state index contributed by atoms with van der Waals surface area (Å²) in [5.74, 6) is 0.678. The minimum absolute atomic E-state index is 0.0443. The highest BCUT2D eigenvalue weighted by atomic mass is 32.1. The number of carbonyl (C=O) groups is 1. The first-order valence-corrected chi connectivity index (χ1v) is 10.8. The Bertz CT molecular complexity index is 1400. The van der Waals surface area contributed by atoms with Gasteiger partial charge in [-0.25, -0.2) is 4.98 Å². The van der Waals surface area contributed by atoms with Crippen molar-refractivity contribution in [3.05, 3.63) is 81.9 Å². The predicted molar refractivity (Wildman–Crippen MR) is 132 cm³/mol. The van der Waals surface area contributed by atoms with Crippen molar-refractivity contribution in [3.63, 3.8) is 0 Å². The lowest BCUT2D eigenvalue weighted by atomic mass is 10.1. The number of carbonyl (C=O) groups excluding carboxylic acids is 1. The van der Waals surface area contributed by atoms with Gasteiger partial charge in [0, 0.05) is 28.4 Å². The fourth-order valence-electron chi connectivity index (χ4n) is 3.27. The number of hydrogen-bond donors (Lipinski definition) is 2. The number of ether oxygens (including phenoxy) is 1. The van der Waals surface area contributed by atoms with Gasteiger partial charge in [0.2, 0.25) is 5.89 Å². The summed E-state index contributed by atoms with van der Waals surface area (Å²) in [5.41, 5.74) is 3.07. The highest BCUT2D eigenvalue weighted by molar-refractivity contribution is 7.80. The van der Waals surface area contributed by atoms with Gasteiger partial charge in [0.15, 0.2) is 10.7 Å². The van der Waals surface area contributed by atoms with Crippen LogP contribution in [0.15, 0.2) is 65.1 Å². The molecular weight excluding hydrogens is 456 g/mol. The fourth-order valence-corrected chi connectivity index (χ4v) is 3.48. The molecule has 0 fully saturated rings. The average Bonchev–Trinajstić information content (AvgIpc) is 3.23. The third kappa shape index (κ3) is 5.02. The molecule has 0 saturated heterocycles. The van der Waals surface area contributed by atoms with E-state index in [1.54, 1.807) is 25.1 Å². The topological polar surface area (TPSA) is 120 Å². The second-order valence-corrected chi connectivity index (χ2v) is 7.73. The zero-order valence-corrected chi connectivity index (χ0v) is 19.1. The number of nitro groups is 1. The normalized spacial score (nSPS) is 10.6. The maximum Gasteiger partial charge on any atom is 0.273 e. The molecule has 0 aliphatic heterocycles. The second kappa shape index (κ2) is 9.67. The van der Waals surface area contributed by atoms with Crippen LogP contribution >= 0.6 is 12.2 Å². The maximum atomic E-state index is 12.5. The molecule has 1 amide bonds. The van der Waals surface area contributed by atoms with E-state index in [0.29, 0.717) is 34.8 Å². The van der Waals surface area contributed by atoms with Crippen LogP contribution < -0.4 is 15.4 Å². The molecule has 9 nitrogen and oxygen atoms in total. The van der Waals surface area contributed by atoms with Gasteiger partial charge < -0.3 is 14.5 Å². The third-order valence-corrected chi connectivity index (χ3v) is 5.16. The molecule has 0 aliphatic carbocycles. The first kappa shape index (κ1) is 22.9. The second-order valence-electron chi connectivity index (χ2n) is 7.33. The van der Waals surface area contributed by atoms with Gasteiger partial charge in [-0.15, -0.1) is 0 Å². The number of aromatic nitrogens is 1. The Morgan fingerprint density at radius 3 is 2.62 bits per heavy atom. The number of oxazole rings is 1. The molecule has 3 aromatic carbocycles. The summed E-state index contributed by atoms with van der Waals surface area (Å²) < 4.78 is 11.3. The first-order valence-electron chi connectivity index (χ1n) is 10.3. The molecule has 0 radical (unpaired) electrons. The average molecular weight is 477 g/mol. The largest absolute Gasteiger partial charge is 0.494 e. The number of nitro benzene ring substituents is 1. The number of amides is 1. The number of thiocarbonyl (C=S) groups is 1. The number of anilines is 1. The van der Waals surface area contributed by atoms with Crippen LogP contribution in [0, 0.1) is 17.0 Å². The smallest absolute Gasteiger partial charge is 0.273 e. The predicted octanol–water partition coefficient (Wildman–Crippen LogP) is 5.24. The Morgan fingerprint density at radius 2 is 1.91 bits per heavy atom. The molecule has 34 heavy (non-hydrogen) atoms. The number of hydrogen-bond acceptors (Lipinski definition) is 7. The zero-order chi connectivity index (χ0) is 24.2. The fraction of sp³-hybridized carbons (Fsp3) is 0.125. The summed E-state index contributed by atoms with van der Waals surface area (Å²) in [5, 5.41) is 16.6. The molecule has 4 rings (SSSR count). The van der Waals surface area contributed by atoms with Crippen molar-refractivity contribution in [1.82, 2.24) is 10.3 Å². The monoisotopic (exact) mass is 476 g/mol. The van der Waals surface area contributed by atoms with Crippen LogP contribution in [0.5, 0.6) is 5.75 Å². The minimum atomic E-state index is -0.555. The molecule has 4 aromatic rings. The van der Waals surface area contributed by atoms with E-state index in [1.807, 2.05) is 31.2 Å². The van der Waals surface area contributed by atoms with Gasteiger partial charge in [0.1, 0.15) is 11.3 Å².